The first-order valence-electron chi connectivity index (χ1n) is 17.2. The smallest absolute Gasteiger partial charge is 0.354 e. The molecule has 0 saturated carbocycles. The Hall–Kier alpha value is -4.93. The van der Waals surface area contributed by atoms with Gasteiger partial charge in [0.2, 0.25) is 0 Å². The van der Waals surface area contributed by atoms with Crippen LogP contribution in [-0.2, 0) is 20.5 Å². The number of aryl methyl sites for hydroxylation is 6. The van der Waals surface area contributed by atoms with E-state index in [1.165, 1.54) is 0 Å². The third-order valence-electron chi connectivity index (χ3n) is 10.4. The van der Waals surface area contributed by atoms with Crippen LogP contribution in [0.4, 0.5) is 5.69 Å². The van der Waals surface area contributed by atoms with E-state index in [-0.39, 0.29) is 24.2 Å². The number of carbonyl (C=O) groups is 2. The van der Waals surface area contributed by atoms with Crippen molar-refractivity contribution in [2.75, 3.05) is 25.2 Å². The minimum absolute atomic E-state index is 0.0298. The number of hydrogen-bond donors (Lipinski definition) is 1. The number of methoxy groups -OCH3 is 1. The van der Waals surface area contributed by atoms with E-state index in [9.17, 15) is 9.90 Å². The minimum atomic E-state index is -1.12. The molecular formula is C40H41Cl2N5O5. The lowest BCUT2D eigenvalue weighted by Gasteiger charge is -2.34. The van der Waals surface area contributed by atoms with Crippen LogP contribution in [0.3, 0.4) is 0 Å². The van der Waals surface area contributed by atoms with Crippen LogP contribution in [0, 0.1) is 27.7 Å². The summed E-state index contributed by atoms with van der Waals surface area (Å²) in [5.74, 6) is -0.103. The molecule has 0 spiro atoms. The zero-order chi connectivity index (χ0) is 37.3. The van der Waals surface area contributed by atoms with Crippen molar-refractivity contribution in [3.05, 3.63) is 92.0 Å². The SMILES string of the molecule is COc1ccc2c(c1)c(N1C[C@@H](C)n3c(c(CCCOc4cc(C)c(Cl)c(C)c4)c4ccc(Cl)c(-c5c(C)nn(C)c5C)c43)C1=O)c(C(=O)O)n2C. The van der Waals surface area contributed by atoms with Gasteiger partial charge < -0.3 is 28.6 Å². The van der Waals surface area contributed by atoms with E-state index in [2.05, 4.69) is 11.5 Å². The Morgan fingerprint density at radius 3 is 2.33 bits per heavy atom. The minimum Gasteiger partial charge on any atom is -0.497 e. The number of rotatable bonds is 9. The van der Waals surface area contributed by atoms with E-state index in [0.29, 0.717) is 52.5 Å². The molecule has 1 aliphatic rings. The van der Waals surface area contributed by atoms with Crippen molar-refractivity contribution in [2.24, 2.45) is 14.1 Å². The summed E-state index contributed by atoms with van der Waals surface area (Å²) in [5.41, 5.74) is 8.72. The summed E-state index contributed by atoms with van der Waals surface area (Å²) >= 11 is 13.5. The van der Waals surface area contributed by atoms with Gasteiger partial charge in [0.15, 0.2) is 5.69 Å². The lowest BCUT2D eigenvalue weighted by molar-refractivity contribution is 0.0687. The van der Waals surface area contributed by atoms with Gasteiger partial charge in [-0.05, 0) is 101 Å². The Morgan fingerprint density at radius 2 is 1.69 bits per heavy atom. The van der Waals surface area contributed by atoms with Crippen LogP contribution in [0.15, 0.2) is 42.5 Å². The van der Waals surface area contributed by atoms with Crippen molar-refractivity contribution in [3.63, 3.8) is 0 Å². The molecule has 0 aliphatic carbocycles. The Bertz CT molecular complexity index is 2430. The van der Waals surface area contributed by atoms with Gasteiger partial charge in [0.1, 0.15) is 17.2 Å². The fourth-order valence-electron chi connectivity index (χ4n) is 7.97. The fourth-order valence-corrected chi connectivity index (χ4v) is 8.33. The summed E-state index contributed by atoms with van der Waals surface area (Å²) in [7, 11) is 5.18. The van der Waals surface area contributed by atoms with Crippen LogP contribution >= 0.6 is 23.2 Å². The second-order valence-electron chi connectivity index (χ2n) is 13.7. The number of benzene rings is 3. The standard InChI is InChI=1S/C40H41Cl2N5O5/c1-20-16-26(17-21(2)34(20)42)52-15-9-10-27-28-12-13-30(41)33(32-23(4)43-45(7)24(32)5)35(28)47-22(3)19-46(39(48)37(27)47)36-29-18-25(51-8)11-14-31(29)44(6)38(36)40(49)50/h11-14,16-18,22H,9-10,15,19H2,1-8H3,(H,49,50)/t22-/m1/s1. The van der Waals surface area contributed by atoms with Gasteiger partial charge in [-0.2, -0.15) is 5.10 Å². The van der Waals surface area contributed by atoms with Crippen LogP contribution in [0.25, 0.3) is 32.9 Å². The molecule has 3 aromatic heterocycles. The lowest BCUT2D eigenvalue weighted by Crippen LogP contribution is -2.43. The number of aromatic carboxylic acids is 1. The van der Waals surface area contributed by atoms with Gasteiger partial charge in [-0.15, -0.1) is 0 Å². The number of carboxylic acid groups (broad SMARTS) is 1. The summed E-state index contributed by atoms with van der Waals surface area (Å²) in [4.78, 5) is 29.6. The van der Waals surface area contributed by atoms with Crippen molar-refractivity contribution >= 4 is 62.6 Å². The summed E-state index contributed by atoms with van der Waals surface area (Å²) in [6.07, 6.45) is 1.14. The quantitative estimate of drug-likeness (QED) is 0.148. The van der Waals surface area contributed by atoms with E-state index >= 15 is 4.79 Å². The van der Waals surface area contributed by atoms with Gasteiger partial charge >= 0.3 is 5.97 Å². The average molecular weight is 743 g/mol. The molecule has 1 N–H and O–H groups in total. The lowest BCUT2D eigenvalue weighted by atomic mass is 9.98. The molecule has 0 radical (unpaired) electrons. The molecular weight excluding hydrogens is 701 g/mol. The second-order valence-corrected chi connectivity index (χ2v) is 14.5. The van der Waals surface area contributed by atoms with E-state index in [1.54, 1.807) is 35.8 Å². The van der Waals surface area contributed by atoms with Gasteiger partial charge in [-0.3, -0.25) is 9.48 Å². The number of halogens is 2. The molecule has 0 saturated heterocycles. The Morgan fingerprint density at radius 1 is 0.981 bits per heavy atom. The Balaban J connectivity index is 1.41. The maximum Gasteiger partial charge on any atom is 0.354 e. The molecule has 0 bridgehead atoms. The Labute approximate surface area is 312 Å². The molecule has 4 heterocycles. The number of aromatic nitrogens is 4. The van der Waals surface area contributed by atoms with Crippen molar-refractivity contribution in [1.29, 1.82) is 0 Å². The number of nitrogens with zero attached hydrogens (tertiary/aromatic N) is 5. The molecule has 1 amide bonds. The molecule has 0 unspecified atom stereocenters. The normalized spacial score (nSPS) is 14.5. The van der Waals surface area contributed by atoms with Gasteiger partial charge in [-0.25, -0.2) is 4.79 Å². The van der Waals surface area contributed by atoms with Crippen LogP contribution in [0.5, 0.6) is 11.5 Å². The monoisotopic (exact) mass is 741 g/mol. The molecule has 1 atom stereocenters. The second kappa shape index (κ2) is 13.2. The molecule has 0 fully saturated rings. The summed E-state index contributed by atoms with van der Waals surface area (Å²) in [6, 6.07) is 12.9. The van der Waals surface area contributed by atoms with E-state index in [1.807, 2.05) is 69.8 Å². The Kier molecular flexibility index (Phi) is 9.03. The predicted molar refractivity (Wildman–Crippen MR) is 206 cm³/mol. The first kappa shape index (κ1) is 35.5. The third kappa shape index (κ3) is 5.51. The number of carboxylic acids is 1. The van der Waals surface area contributed by atoms with E-state index < -0.39 is 5.97 Å². The van der Waals surface area contributed by atoms with Crippen molar-refractivity contribution in [2.45, 2.75) is 53.5 Å². The van der Waals surface area contributed by atoms with Crippen LogP contribution in [0.1, 0.15) is 68.4 Å². The number of fused-ring (bicyclic) bond motifs is 4. The third-order valence-corrected chi connectivity index (χ3v) is 11.3. The van der Waals surface area contributed by atoms with Crippen LogP contribution in [0.2, 0.25) is 10.0 Å². The molecule has 7 rings (SSSR count). The molecule has 6 aromatic rings. The fraction of sp³-hybridized carbons (Fsp3) is 0.325. The molecule has 12 heteroatoms. The highest BCUT2D eigenvalue weighted by molar-refractivity contribution is 6.35. The average Bonchev–Trinajstić information content (AvgIpc) is 3.69. The summed E-state index contributed by atoms with van der Waals surface area (Å²) < 4.78 is 17.3. The summed E-state index contributed by atoms with van der Waals surface area (Å²) in [5, 5.41) is 18.0. The van der Waals surface area contributed by atoms with E-state index in [0.717, 1.165) is 60.9 Å². The van der Waals surface area contributed by atoms with Crippen LogP contribution < -0.4 is 14.4 Å². The van der Waals surface area contributed by atoms with Gasteiger partial charge in [0.05, 0.1) is 41.2 Å². The van der Waals surface area contributed by atoms with E-state index in [4.69, 9.17) is 37.8 Å². The van der Waals surface area contributed by atoms with Crippen molar-refractivity contribution in [3.8, 4) is 22.6 Å². The predicted octanol–water partition coefficient (Wildman–Crippen LogP) is 9.01. The maximum atomic E-state index is 15.1. The summed E-state index contributed by atoms with van der Waals surface area (Å²) in [6.45, 7) is 10.6. The highest BCUT2D eigenvalue weighted by Gasteiger charge is 2.39. The molecule has 1 aliphatic heterocycles. The number of anilines is 1. The molecule has 10 nitrogen and oxygen atoms in total. The zero-order valence-corrected chi connectivity index (χ0v) is 32.0. The van der Waals surface area contributed by atoms with Crippen LogP contribution in [-0.4, -0.2) is 56.2 Å². The number of amides is 1. The van der Waals surface area contributed by atoms with Gasteiger partial charge in [-0.1, -0.05) is 29.3 Å². The highest BCUT2D eigenvalue weighted by atomic mass is 35.5. The number of hydrogen-bond acceptors (Lipinski definition) is 5. The zero-order valence-electron chi connectivity index (χ0n) is 30.5. The molecule has 270 valence electrons. The van der Waals surface area contributed by atoms with Gasteiger partial charge in [0, 0.05) is 59.3 Å². The van der Waals surface area contributed by atoms with Crippen molar-refractivity contribution in [1.82, 2.24) is 18.9 Å². The number of ether oxygens (including phenoxy) is 2. The largest absolute Gasteiger partial charge is 0.497 e. The first-order valence-corrected chi connectivity index (χ1v) is 18.0. The molecule has 3 aromatic carbocycles. The molecule has 52 heavy (non-hydrogen) atoms. The number of carbonyl (C=O) groups excluding carboxylic acids is 1. The van der Waals surface area contributed by atoms with Crippen molar-refractivity contribution < 1.29 is 24.2 Å². The van der Waals surface area contributed by atoms with Gasteiger partial charge in [0.25, 0.3) is 5.91 Å². The topological polar surface area (TPSA) is 104 Å². The first-order chi connectivity index (χ1) is 24.7. The maximum absolute atomic E-state index is 15.1. The highest BCUT2D eigenvalue weighted by Crippen LogP contribution is 2.46.